The van der Waals surface area contributed by atoms with Crippen molar-refractivity contribution in [3.63, 3.8) is 0 Å². The number of carbonyl (C=O) groups excluding carboxylic acids is 2. The maximum absolute atomic E-state index is 12.9. The van der Waals surface area contributed by atoms with E-state index in [1.807, 2.05) is 12.1 Å². The molecule has 0 aliphatic carbocycles. The quantitative estimate of drug-likeness (QED) is 0.460. The lowest BCUT2D eigenvalue weighted by molar-refractivity contribution is -0.113. The van der Waals surface area contributed by atoms with Crippen LogP contribution in [0.5, 0.6) is 23.0 Å². The molecular formula is C25H24N2O6S. The third kappa shape index (κ3) is 5.55. The van der Waals surface area contributed by atoms with Crippen molar-refractivity contribution in [2.45, 2.75) is 4.90 Å². The molecule has 34 heavy (non-hydrogen) atoms. The van der Waals surface area contributed by atoms with Gasteiger partial charge in [-0.25, -0.2) is 0 Å². The lowest BCUT2D eigenvalue weighted by Crippen LogP contribution is -2.17. The Hall–Kier alpha value is -3.85. The molecule has 0 bridgehead atoms. The molecule has 0 radical (unpaired) electrons. The number of rotatable bonds is 8. The van der Waals surface area contributed by atoms with Crippen LogP contribution in [0.2, 0.25) is 0 Å². The summed E-state index contributed by atoms with van der Waals surface area (Å²) in [4.78, 5) is 26.2. The van der Waals surface area contributed by atoms with Gasteiger partial charge in [-0.05, 0) is 36.4 Å². The van der Waals surface area contributed by atoms with Crippen molar-refractivity contribution in [2.24, 2.45) is 0 Å². The van der Waals surface area contributed by atoms with Crippen molar-refractivity contribution in [1.82, 2.24) is 0 Å². The summed E-state index contributed by atoms with van der Waals surface area (Å²) >= 11 is 1.28. The molecule has 2 N–H and O–H groups in total. The SMILES string of the molecule is COc1ccc(NC(=O)CSc2ccccc2C(=O)Nc2ccc3c(c2)OCCO3)cc1OC. The molecule has 176 valence electrons. The normalized spacial score (nSPS) is 11.9. The van der Waals surface area contributed by atoms with Crippen molar-refractivity contribution in [1.29, 1.82) is 0 Å². The van der Waals surface area contributed by atoms with E-state index in [9.17, 15) is 9.59 Å². The van der Waals surface area contributed by atoms with Crippen LogP contribution in [0.3, 0.4) is 0 Å². The fourth-order valence-corrected chi connectivity index (χ4v) is 4.20. The summed E-state index contributed by atoms with van der Waals surface area (Å²) in [6.07, 6.45) is 0. The van der Waals surface area contributed by atoms with Crippen LogP contribution in [0.4, 0.5) is 11.4 Å². The number of thioether (sulfide) groups is 1. The maximum Gasteiger partial charge on any atom is 0.256 e. The Morgan fingerprint density at radius 3 is 2.35 bits per heavy atom. The highest BCUT2D eigenvalue weighted by molar-refractivity contribution is 8.00. The Morgan fingerprint density at radius 1 is 0.853 bits per heavy atom. The number of amides is 2. The number of benzene rings is 3. The zero-order valence-corrected chi connectivity index (χ0v) is 19.6. The highest BCUT2D eigenvalue weighted by Crippen LogP contribution is 2.33. The van der Waals surface area contributed by atoms with Crippen molar-refractivity contribution in [3.05, 3.63) is 66.2 Å². The predicted molar refractivity (Wildman–Crippen MR) is 131 cm³/mol. The third-order valence-corrected chi connectivity index (χ3v) is 6.03. The zero-order chi connectivity index (χ0) is 23.9. The van der Waals surface area contributed by atoms with Gasteiger partial charge in [0.1, 0.15) is 13.2 Å². The van der Waals surface area contributed by atoms with Gasteiger partial charge in [0.15, 0.2) is 23.0 Å². The van der Waals surface area contributed by atoms with Gasteiger partial charge in [0, 0.05) is 28.4 Å². The fraction of sp³-hybridized carbons (Fsp3) is 0.200. The van der Waals surface area contributed by atoms with Crippen molar-refractivity contribution >= 4 is 35.0 Å². The molecule has 9 heteroatoms. The lowest BCUT2D eigenvalue weighted by Gasteiger charge is -2.19. The number of methoxy groups -OCH3 is 2. The lowest BCUT2D eigenvalue weighted by atomic mass is 10.2. The fourth-order valence-electron chi connectivity index (χ4n) is 3.35. The molecular weight excluding hydrogens is 456 g/mol. The van der Waals surface area contributed by atoms with Gasteiger partial charge >= 0.3 is 0 Å². The molecule has 0 spiro atoms. The molecule has 1 heterocycles. The first-order valence-electron chi connectivity index (χ1n) is 10.5. The average Bonchev–Trinajstić information content (AvgIpc) is 2.87. The van der Waals surface area contributed by atoms with E-state index in [0.29, 0.717) is 58.0 Å². The molecule has 2 amide bonds. The Bertz CT molecular complexity index is 1200. The van der Waals surface area contributed by atoms with Gasteiger partial charge in [-0.15, -0.1) is 11.8 Å². The van der Waals surface area contributed by atoms with E-state index in [-0.39, 0.29) is 17.6 Å². The largest absolute Gasteiger partial charge is 0.493 e. The molecule has 0 fully saturated rings. The molecule has 1 aliphatic heterocycles. The first-order valence-corrected chi connectivity index (χ1v) is 11.5. The molecule has 0 unspecified atom stereocenters. The number of hydrogen-bond donors (Lipinski definition) is 2. The average molecular weight is 481 g/mol. The minimum absolute atomic E-state index is 0.128. The van der Waals surface area contributed by atoms with Crippen molar-refractivity contribution < 1.29 is 28.5 Å². The molecule has 8 nitrogen and oxygen atoms in total. The van der Waals surface area contributed by atoms with Gasteiger partial charge in [-0.2, -0.15) is 0 Å². The van der Waals surface area contributed by atoms with Gasteiger partial charge in [0.05, 0.1) is 25.5 Å². The molecule has 4 rings (SSSR count). The monoisotopic (exact) mass is 480 g/mol. The van der Waals surface area contributed by atoms with Gasteiger partial charge in [0.2, 0.25) is 5.91 Å². The van der Waals surface area contributed by atoms with E-state index in [2.05, 4.69) is 10.6 Å². The van der Waals surface area contributed by atoms with E-state index in [4.69, 9.17) is 18.9 Å². The van der Waals surface area contributed by atoms with E-state index < -0.39 is 0 Å². The highest BCUT2D eigenvalue weighted by atomic mass is 32.2. The van der Waals surface area contributed by atoms with Gasteiger partial charge in [-0.1, -0.05) is 12.1 Å². The van der Waals surface area contributed by atoms with Gasteiger partial charge in [0.25, 0.3) is 5.91 Å². The molecule has 0 saturated carbocycles. The summed E-state index contributed by atoms with van der Waals surface area (Å²) < 4.78 is 21.6. The summed E-state index contributed by atoms with van der Waals surface area (Å²) in [5.41, 5.74) is 1.66. The Kier molecular flexibility index (Phi) is 7.44. The summed E-state index contributed by atoms with van der Waals surface area (Å²) in [5.74, 6) is 1.99. The van der Waals surface area contributed by atoms with Crippen LogP contribution >= 0.6 is 11.8 Å². The second-order valence-corrected chi connectivity index (χ2v) is 8.23. The Balaban J connectivity index is 1.39. The van der Waals surface area contributed by atoms with Crippen LogP contribution in [0.25, 0.3) is 0 Å². The van der Waals surface area contributed by atoms with Crippen LogP contribution in [0, 0.1) is 0 Å². The van der Waals surface area contributed by atoms with Gasteiger partial charge < -0.3 is 29.6 Å². The molecule has 0 atom stereocenters. The zero-order valence-electron chi connectivity index (χ0n) is 18.8. The van der Waals surface area contributed by atoms with Crippen molar-refractivity contribution in [3.8, 4) is 23.0 Å². The molecule has 0 aromatic heterocycles. The summed E-state index contributed by atoms with van der Waals surface area (Å²) in [5, 5.41) is 5.72. The van der Waals surface area contributed by atoms with Crippen LogP contribution in [0.1, 0.15) is 10.4 Å². The van der Waals surface area contributed by atoms with E-state index in [1.165, 1.54) is 18.9 Å². The van der Waals surface area contributed by atoms with E-state index in [1.54, 1.807) is 55.6 Å². The van der Waals surface area contributed by atoms with Crippen LogP contribution in [-0.4, -0.2) is 45.0 Å². The summed E-state index contributed by atoms with van der Waals surface area (Å²) in [6.45, 7) is 0.970. The number of nitrogens with one attached hydrogen (secondary N) is 2. The smallest absolute Gasteiger partial charge is 0.256 e. The maximum atomic E-state index is 12.9. The van der Waals surface area contributed by atoms with E-state index >= 15 is 0 Å². The molecule has 3 aromatic carbocycles. The third-order valence-electron chi connectivity index (χ3n) is 4.96. The predicted octanol–water partition coefficient (Wildman–Crippen LogP) is 4.46. The van der Waals surface area contributed by atoms with Crippen LogP contribution < -0.4 is 29.6 Å². The standard InChI is InChI=1S/C25H24N2O6S/c1-30-19-9-7-16(13-21(19)31-2)26-24(28)15-34-23-6-4-3-5-18(23)25(29)27-17-8-10-20-22(14-17)33-12-11-32-20/h3-10,13-14H,11-12,15H2,1-2H3,(H,26,28)(H,27,29). The number of hydrogen-bond acceptors (Lipinski definition) is 7. The number of ether oxygens (including phenoxy) is 4. The number of fused-ring (bicyclic) bond motifs is 1. The Labute approximate surface area is 201 Å². The molecule has 1 aliphatic rings. The van der Waals surface area contributed by atoms with Crippen LogP contribution in [0.15, 0.2) is 65.6 Å². The molecule has 0 saturated heterocycles. The minimum atomic E-state index is -0.278. The van der Waals surface area contributed by atoms with Crippen molar-refractivity contribution in [2.75, 3.05) is 43.8 Å². The molecule has 3 aromatic rings. The summed E-state index contributed by atoms with van der Waals surface area (Å²) in [7, 11) is 3.08. The Morgan fingerprint density at radius 2 is 1.56 bits per heavy atom. The second-order valence-electron chi connectivity index (χ2n) is 7.22. The number of anilines is 2. The van der Waals surface area contributed by atoms with Gasteiger partial charge in [-0.3, -0.25) is 9.59 Å². The summed E-state index contributed by atoms with van der Waals surface area (Å²) in [6, 6.07) is 17.6. The van der Waals surface area contributed by atoms with E-state index in [0.717, 1.165) is 0 Å². The first kappa shape index (κ1) is 23.3. The van der Waals surface area contributed by atoms with Crippen LogP contribution in [-0.2, 0) is 4.79 Å². The second kappa shape index (κ2) is 10.8. The highest BCUT2D eigenvalue weighted by Gasteiger charge is 2.16. The number of carbonyl (C=O) groups is 2. The topological polar surface area (TPSA) is 95.1 Å². The first-order chi connectivity index (χ1) is 16.6. The minimum Gasteiger partial charge on any atom is -0.493 e.